The highest BCUT2D eigenvalue weighted by molar-refractivity contribution is 7.89. The zero-order valence-electron chi connectivity index (χ0n) is 13.0. The fourth-order valence-corrected chi connectivity index (χ4v) is 4.88. The van der Waals surface area contributed by atoms with Gasteiger partial charge in [-0.15, -0.1) is 0 Å². The summed E-state index contributed by atoms with van der Waals surface area (Å²) in [4.78, 5) is 12.3. The lowest BCUT2D eigenvalue weighted by Gasteiger charge is -2.17. The Morgan fingerprint density at radius 3 is 2.78 bits per heavy atom. The van der Waals surface area contributed by atoms with Gasteiger partial charge in [0, 0.05) is 25.2 Å². The average Bonchev–Trinajstić information content (AvgIpc) is 3.17. The van der Waals surface area contributed by atoms with Crippen molar-refractivity contribution in [2.24, 2.45) is 0 Å². The van der Waals surface area contributed by atoms with E-state index in [-0.39, 0.29) is 29.9 Å². The number of phenols is 1. The van der Waals surface area contributed by atoms with Crippen molar-refractivity contribution in [1.82, 2.24) is 9.62 Å². The number of aryl methyl sites for hydroxylation is 1. The normalized spacial score (nSPS) is 21.3. The third kappa shape index (κ3) is 3.35. The molecule has 1 amide bonds. The summed E-state index contributed by atoms with van der Waals surface area (Å²) in [6, 6.07) is 5.28. The molecule has 1 aliphatic heterocycles. The van der Waals surface area contributed by atoms with Crippen LogP contribution in [-0.2, 0) is 21.2 Å². The van der Waals surface area contributed by atoms with E-state index < -0.39 is 10.0 Å². The minimum atomic E-state index is -3.28. The number of benzene rings is 1. The van der Waals surface area contributed by atoms with Gasteiger partial charge in [-0.25, -0.2) is 12.7 Å². The van der Waals surface area contributed by atoms with Crippen molar-refractivity contribution in [3.8, 4) is 5.75 Å². The Balaban J connectivity index is 1.57. The van der Waals surface area contributed by atoms with Crippen LogP contribution in [0, 0.1) is 0 Å². The number of aromatic hydroxyl groups is 1. The molecule has 126 valence electrons. The summed E-state index contributed by atoms with van der Waals surface area (Å²) >= 11 is 0. The van der Waals surface area contributed by atoms with Gasteiger partial charge >= 0.3 is 0 Å². The Kier molecular flexibility index (Phi) is 4.59. The van der Waals surface area contributed by atoms with Crippen LogP contribution in [0.5, 0.6) is 5.75 Å². The average molecular weight is 338 g/mol. The van der Waals surface area contributed by atoms with Crippen molar-refractivity contribution >= 4 is 15.9 Å². The van der Waals surface area contributed by atoms with Crippen molar-refractivity contribution in [3.05, 3.63) is 29.3 Å². The third-order valence-corrected chi connectivity index (χ3v) is 6.53. The Morgan fingerprint density at radius 1 is 1.30 bits per heavy atom. The SMILES string of the molecule is O=C(NCCS(=O)(=O)N1CCCC1)C1CCc2cccc(O)c21. The van der Waals surface area contributed by atoms with Gasteiger partial charge in [-0.1, -0.05) is 12.1 Å². The summed E-state index contributed by atoms with van der Waals surface area (Å²) in [5.41, 5.74) is 1.68. The van der Waals surface area contributed by atoms with Crippen LogP contribution in [0.4, 0.5) is 0 Å². The largest absolute Gasteiger partial charge is 0.508 e. The molecule has 7 heteroatoms. The van der Waals surface area contributed by atoms with Crippen molar-refractivity contribution in [2.45, 2.75) is 31.6 Å². The van der Waals surface area contributed by atoms with E-state index in [4.69, 9.17) is 0 Å². The molecule has 23 heavy (non-hydrogen) atoms. The van der Waals surface area contributed by atoms with Crippen LogP contribution in [0.3, 0.4) is 0 Å². The van der Waals surface area contributed by atoms with E-state index in [1.807, 2.05) is 6.07 Å². The number of rotatable bonds is 5. The molecule has 0 saturated carbocycles. The Bertz CT molecular complexity index is 696. The molecule has 0 bridgehead atoms. The van der Waals surface area contributed by atoms with E-state index in [0.29, 0.717) is 25.1 Å². The van der Waals surface area contributed by atoms with Gasteiger partial charge in [-0.05, 0) is 37.3 Å². The van der Waals surface area contributed by atoms with Gasteiger partial charge < -0.3 is 10.4 Å². The van der Waals surface area contributed by atoms with Crippen LogP contribution in [0.2, 0.25) is 0 Å². The summed E-state index contributed by atoms with van der Waals surface area (Å²) < 4.78 is 25.7. The van der Waals surface area contributed by atoms with Gasteiger partial charge in [0.05, 0.1) is 11.7 Å². The summed E-state index contributed by atoms with van der Waals surface area (Å²) in [7, 11) is -3.28. The van der Waals surface area contributed by atoms with Crippen LogP contribution >= 0.6 is 0 Å². The molecule has 0 aromatic heterocycles. The molecule has 0 radical (unpaired) electrons. The van der Waals surface area contributed by atoms with Gasteiger partial charge in [0.2, 0.25) is 15.9 Å². The molecule has 1 saturated heterocycles. The van der Waals surface area contributed by atoms with Crippen molar-refractivity contribution in [3.63, 3.8) is 0 Å². The molecule has 2 aliphatic rings. The smallest absolute Gasteiger partial charge is 0.227 e. The molecule has 3 rings (SSSR count). The molecular formula is C16H22N2O4S. The third-order valence-electron chi connectivity index (χ3n) is 4.66. The quantitative estimate of drug-likeness (QED) is 0.837. The molecule has 0 spiro atoms. The minimum Gasteiger partial charge on any atom is -0.508 e. The first-order valence-electron chi connectivity index (χ1n) is 8.05. The van der Waals surface area contributed by atoms with Gasteiger partial charge in [-0.2, -0.15) is 0 Å². The lowest BCUT2D eigenvalue weighted by Crippen LogP contribution is -2.37. The highest BCUT2D eigenvalue weighted by atomic mass is 32.2. The first-order chi connectivity index (χ1) is 11.0. The lowest BCUT2D eigenvalue weighted by molar-refractivity contribution is -0.122. The molecule has 6 nitrogen and oxygen atoms in total. The first kappa shape index (κ1) is 16.3. The van der Waals surface area contributed by atoms with E-state index in [0.717, 1.165) is 24.8 Å². The number of nitrogens with one attached hydrogen (secondary N) is 1. The zero-order chi connectivity index (χ0) is 16.4. The van der Waals surface area contributed by atoms with Gasteiger partial charge in [-0.3, -0.25) is 4.79 Å². The molecular weight excluding hydrogens is 316 g/mol. The predicted octanol–water partition coefficient (Wildman–Crippen LogP) is 0.964. The molecule has 1 heterocycles. The van der Waals surface area contributed by atoms with Crippen molar-refractivity contribution in [1.29, 1.82) is 0 Å². The van der Waals surface area contributed by atoms with Crippen molar-refractivity contribution < 1.29 is 18.3 Å². The Morgan fingerprint density at radius 2 is 2.04 bits per heavy atom. The van der Waals surface area contributed by atoms with Crippen LogP contribution in [0.1, 0.15) is 36.3 Å². The highest BCUT2D eigenvalue weighted by Crippen LogP contribution is 2.38. The lowest BCUT2D eigenvalue weighted by atomic mass is 9.99. The first-order valence-corrected chi connectivity index (χ1v) is 9.66. The van der Waals surface area contributed by atoms with Gasteiger partial charge in [0.1, 0.15) is 5.75 Å². The van der Waals surface area contributed by atoms with E-state index in [9.17, 15) is 18.3 Å². The number of nitrogens with zero attached hydrogens (tertiary/aromatic N) is 1. The van der Waals surface area contributed by atoms with Gasteiger partial charge in [0.15, 0.2) is 0 Å². The summed E-state index contributed by atoms with van der Waals surface area (Å²) in [6.45, 7) is 1.28. The maximum Gasteiger partial charge on any atom is 0.227 e. The highest BCUT2D eigenvalue weighted by Gasteiger charge is 2.31. The number of sulfonamides is 1. The molecule has 1 unspecified atom stereocenters. The Labute approximate surface area is 136 Å². The van der Waals surface area contributed by atoms with Crippen molar-refractivity contribution in [2.75, 3.05) is 25.4 Å². The number of hydrogen-bond donors (Lipinski definition) is 2. The monoisotopic (exact) mass is 338 g/mol. The number of hydrogen-bond acceptors (Lipinski definition) is 4. The molecule has 1 aromatic rings. The number of fused-ring (bicyclic) bond motifs is 1. The number of phenolic OH excluding ortho intramolecular Hbond substituents is 1. The number of carbonyl (C=O) groups is 1. The molecule has 1 atom stereocenters. The number of amides is 1. The van der Waals surface area contributed by atoms with Gasteiger partial charge in [0.25, 0.3) is 0 Å². The standard InChI is InChI=1S/C16H22N2O4S/c19-14-5-3-4-12-6-7-13(15(12)14)16(20)17-8-11-23(21,22)18-9-1-2-10-18/h3-5,13,19H,1-2,6-11H2,(H,17,20). The molecule has 1 aromatic carbocycles. The maximum absolute atomic E-state index is 12.3. The van der Waals surface area contributed by atoms with E-state index in [2.05, 4.69) is 5.32 Å². The molecule has 2 N–H and O–H groups in total. The molecule has 1 aliphatic carbocycles. The zero-order valence-corrected chi connectivity index (χ0v) is 13.8. The molecule has 1 fully saturated rings. The second-order valence-electron chi connectivity index (χ2n) is 6.15. The predicted molar refractivity (Wildman–Crippen MR) is 86.8 cm³/mol. The summed E-state index contributed by atoms with van der Waals surface area (Å²) in [5, 5.41) is 12.7. The fourth-order valence-electron chi connectivity index (χ4n) is 3.45. The topological polar surface area (TPSA) is 86.7 Å². The summed E-state index contributed by atoms with van der Waals surface area (Å²) in [6.07, 6.45) is 3.22. The van der Waals surface area contributed by atoms with Crippen LogP contribution in [0.25, 0.3) is 0 Å². The van der Waals surface area contributed by atoms with Crippen LogP contribution < -0.4 is 5.32 Å². The van der Waals surface area contributed by atoms with E-state index >= 15 is 0 Å². The number of carbonyl (C=O) groups excluding carboxylic acids is 1. The second kappa shape index (κ2) is 6.49. The minimum absolute atomic E-state index is 0.0703. The van der Waals surface area contributed by atoms with E-state index in [1.165, 1.54) is 4.31 Å². The summed E-state index contributed by atoms with van der Waals surface area (Å²) in [5.74, 6) is -0.522. The Hall–Kier alpha value is -1.60. The van der Waals surface area contributed by atoms with E-state index in [1.54, 1.807) is 12.1 Å². The van der Waals surface area contributed by atoms with Crippen LogP contribution in [-0.4, -0.2) is 49.1 Å². The fraction of sp³-hybridized carbons (Fsp3) is 0.562. The maximum atomic E-state index is 12.3. The van der Waals surface area contributed by atoms with Crippen LogP contribution in [0.15, 0.2) is 18.2 Å². The second-order valence-corrected chi connectivity index (χ2v) is 8.24.